The van der Waals surface area contributed by atoms with E-state index in [0.717, 1.165) is 28.9 Å². The molecule has 190 valence electrons. The lowest BCUT2D eigenvalue weighted by atomic mass is 10.0. The van der Waals surface area contributed by atoms with Crippen LogP contribution < -0.4 is 10.1 Å². The molecule has 2 atom stereocenters. The van der Waals surface area contributed by atoms with E-state index in [-0.39, 0.29) is 17.9 Å². The summed E-state index contributed by atoms with van der Waals surface area (Å²) in [5, 5.41) is 3.12. The first-order chi connectivity index (χ1) is 17.4. The normalized spacial score (nSPS) is 12.4. The molecule has 0 aliphatic carbocycles. The van der Waals surface area contributed by atoms with Crippen LogP contribution in [-0.4, -0.2) is 35.9 Å². The molecule has 0 unspecified atom stereocenters. The van der Waals surface area contributed by atoms with E-state index in [0.29, 0.717) is 25.8 Å². The van der Waals surface area contributed by atoms with Crippen LogP contribution in [0.4, 0.5) is 0 Å². The molecule has 0 bridgehead atoms. The average molecular weight is 487 g/mol. The molecular formula is C31H38N2O3. The molecule has 1 N–H and O–H groups in total. The van der Waals surface area contributed by atoms with Crippen LogP contribution in [0.25, 0.3) is 0 Å². The third-order valence-electron chi connectivity index (χ3n) is 6.51. The zero-order valence-electron chi connectivity index (χ0n) is 21.9. The molecule has 0 saturated heterocycles. The van der Waals surface area contributed by atoms with Crippen LogP contribution >= 0.6 is 0 Å². The number of methoxy groups -OCH3 is 1. The second-order valence-corrected chi connectivity index (χ2v) is 9.38. The molecule has 0 fully saturated rings. The molecule has 5 heteroatoms. The summed E-state index contributed by atoms with van der Waals surface area (Å²) < 4.78 is 5.40. The van der Waals surface area contributed by atoms with Gasteiger partial charge in [-0.2, -0.15) is 0 Å². The van der Waals surface area contributed by atoms with E-state index >= 15 is 0 Å². The summed E-state index contributed by atoms with van der Waals surface area (Å²) in [6, 6.07) is 25.2. The summed E-state index contributed by atoms with van der Waals surface area (Å²) in [5.41, 5.74) is 4.24. The van der Waals surface area contributed by atoms with Crippen molar-refractivity contribution in [1.29, 1.82) is 0 Å². The highest BCUT2D eigenvalue weighted by atomic mass is 16.5. The second kappa shape index (κ2) is 13.5. The van der Waals surface area contributed by atoms with Crippen molar-refractivity contribution >= 4 is 11.8 Å². The van der Waals surface area contributed by atoms with E-state index in [1.54, 1.807) is 12.0 Å². The molecule has 0 aromatic heterocycles. The maximum atomic E-state index is 13.7. The predicted molar refractivity (Wildman–Crippen MR) is 145 cm³/mol. The van der Waals surface area contributed by atoms with E-state index in [4.69, 9.17) is 4.74 Å². The molecule has 3 aromatic carbocycles. The maximum Gasteiger partial charge on any atom is 0.243 e. The minimum Gasteiger partial charge on any atom is -0.497 e. The van der Waals surface area contributed by atoms with E-state index in [1.807, 2.05) is 68.4 Å². The van der Waals surface area contributed by atoms with Crippen molar-refractivity contribution in [2.45, 2.75) is 65.1 Å². The minimum absolute atomic E-state index is 0.0251. The van der Waals surface area contributed by atoms with Gasteiger partial charge >= 0.3 is 0 Å². The number of hydrogen-bond donors (Lipinski definition) is 1. The largest absolute Gasteiger partial charge is 0.497 e. The molecule has 0 aliphatic heterocycles. The molecule has 3 rings (SSSR count). The van der Waals surface area contributed by atoms with Gasteiger partial charge in [-0.05, 0) is 55.5 Å². The van der Waals surface area contributed by atoms with Gasteiger partial charge in [0.05, 0.1) is 7.11 Å². The lowest BCUT2D eigenvalue weighted by Crippen LogP contribution is -2.52. The molecule has 0 heterocycles. The summed E-state index contributed by atoms with van der Waals surface area (Å²) in [6.07, 6.45) is 2.22. The van der Waals surface area contributed by atoms with Gasteiger partial charge in [0.15, 0.2) is 0 Å². The van der Waals surface area contributed by atoms with Crippen LogP contribution in [0, 0.1) is 6.92 Å². The highest BCUT2D eigenvalue weighted by Crippen LogP contribution is 2.20. The Morgan fingerprint density at radius 2 is 1.61 bits per heavy atom. The van der Waals surface area contributed by atoms with Gasteiger partial charge in [-0.15, -0.1) is 0 Å². The number of aryl methyl sites for hydroxylation is 2. The number of nitrogens with zero attached hydrogens (tertiary/aromatic N) is 1. The Morgan fingerprint density at radius 1 is 0.917 bits per heavy atom. The van der Waals surface area contributed by atoms with E-state index in [2.05, 4.69) is 36.5 Å². The Labute approximate surface area is 215 Å². The van der Waals surface area contributed by atoms with Gasteiger partial charge in [0.1, 0.15) is 11.8 Å². The zero-order valence-corrected chi connectivity index (χ0v) is 21.9. The standard InChI is InChI=1S/C31H38N2O3/c1-5-24(3)32-31(35)29(21-26-10-7-6-8-11-26)33(22-27-12-9-13-28(20-27)36-4)30(34)19-18-25-16-14-23(2)15-17-25/h6-17,20,24,29H,5,18-19,21-22H2,1-4H3,(H,32,35)/t24-,29+/m1/s1. The highest BCUT2D eigenvalue weighted by Gasteiger charge is 2.30. The van der Waals surface area contributed by atoms with Gasteiger partial charge in [-0.25, -0.2) is 0 Å². The Morgan fingerprint density at radius 3 is 2.28 bits per heavy atom. The summed E-state index contributed by atoms with van der Waals surface area (Å²) in [4.78, 5) is 29.1. The SMILES string of the molecule is CC[C@@H](C)NC(=O)[C@H](Cc1ccccc1)N(Cc1cccc(OC)c1)C(=O)CCc1ccc(C)cc1. The van der Waals surface area contributed by atoms with Crippen LogP contribution in [0.5, 0.6) is 5.75 Å². The third-order valence-corrected chi connectivity index (χ3v) is 6.51. The predicted octanol–water partition coefficient (Wildman–Crippen LogP) is 5.49. The molecule has 3 aromatic rings. The molecule has 0 spiro atoms. The first-order valence-corrected chi connectivity index (χ1v) is 12.7. The molecule has 0 saturated carbocycles. The molecular weight excluding hydrogens is 448 g/mol. The van der Waals surface area contributed by atoms with Gasteiger partial charge < -0.3 is 15.0 Å². The number of ether oxygens (including phenoxy) is 1. The Kier molecular flexibility index (Phi) is 10.1. The second-order valence-electron chi connectivity index (χ2n) is 9.38. The van der Waals surface area contributed by atoms with Crippen LogP contribution in [0.1, 0.15) is 48.9 Å². The summed E-state index contributed by atoms with van der Waals surface area (Å²) >= 11 is 0. The van der Waals surface area contributed by atoms with Crippen LogP contribution in [0.3, 0.4) is 0 Å². The lowest BCUT2D eigenvalue weighted by Gasteiger charge is -2.32. The van der Waals surface area contributed by atoms with Crippen LogP contribution in [0.2, 0.25) is 0 Å². The molecule has 2 amide bonds. The molecule has 36 heavy (non-hydrogen) atoms. The first-order valence-electron chi connectivity index (χ1n) is 12.7. The van der Waals surface area contributed by atoms with Crippen molar-refractivity contribution in [3.63, 3.8) is 0 Å². The fourth-order valence-corrected chi connectivity index (χ4v) is 4.11. The van der Waals surface area contributed by atoms with Crippen LogP contribution in [-0.2, 0) is 29.0 Å². The summed E-state index contributed by atoms with van der Waals surface area (Å²) in [6.45, 7) is 6.41. The van der Waals surface area contributed by atoms with Gasteiger partial charge in [-0.1, -0.05) is 79.2 Å². The van der Waals surface area contributed by atoms with Crippen LogP contribution in [0.15, 0.2) is 78.9 Å². The van der Waals surface area contributed by atoms with Crippen molar-refractivity contribution in [2.75, 3.05) is 7.11 Å². The van der Waals surface area contributed by atoms with E-state index in [9.17, 15) is 9.59 Å². The lowest BCUT2D eigenvalue weighted by molar-refractivity contribution is -0.141. The Balaban J connectivity index is 1.92. The van der Waals surface area contributed by atoms with E-state index < -0.39 is 6.04 Å². The minimum atomic E-state index is -0.627. The quantitative estimate of drug-likeness (QED) is 0.368. The number of benzene rings is 3. The number of hydrogen-bond acceptors (Lipinski definition) is 3. The van der Waals surface area contributed by atoms with Crippen molar-refractivity contribution in [3.05, 3.63) is 101 Å². The Bertz CT molecular complexity index is 1110. The fraction of sp³-hybridized carbons (Fsp3) is 0.355. The third kappa shape index (κ3) is 7.98. The van der Waals surface area contributed by atoms with Crippen molar-refractivity contribution < 1.29 is 14.3 Å². The average Bonchev–Trinajstić information content (AvgIpc) is 2.90. The zero-order chi connectivity index (χ0) is 25.9. The highest BCUT2D eigenvalue weighted by molar-refractivity contribution is 5.88. The summed E-state index contributed by atoms with van der Waals surface area (Å²) in [5.74, 6) is 0.557. The van der Waals surface area contributed by atoms with Crippen molar-refractivity contribution in [3.8, 4) is 5.75 Å². The summed E-state index contributed by atoms with van der Waals surface area (Å²) in [7, 11) is 1.63. The van der Waals surface area contributed by atoms with E-state index in [1.165, 1.54) is 5.56 Å². The van der Waals surface area contributed by atoms with Crippen molar-refractivity contribution in [2.24, 2.45) is 0 Å². The van der Waals surface area contributed by atoms with Gasteiger partial charge in [0, 0.05) is 25.4 Å². The Hall–Kier alpha value is -3.60. The number of rotatable bonds is 12. The van der Waals surface area contributed by atoms with Crippen molar-refractivity contribution in [1.82, 2.24) is 10.2 Å². The smallest absolute Gasteiger partial charge is 0.243 e. The monoisotopic (exact) mass is 486 g/mol. The fourth-order valence-electron chi connectivity index (χ4n) is 4.11. The van der Waals surface area contributed by atoms with Gasteiger partial charge in [0.25, 0.3) is 0 Å². The maximum absolute atomic E-state index is 13.7. The number of carbonyl (C=O) groups excluding carboxylic acids is 2. The molecule has 5 nitrogen and oxygen atoms in total. The topological polar surface area (TPSA) is 58.6 Å². The number of carbonyl (C=O) groups is 2. The van der Waals surface area contributed by atoms with Gasteiger partial charge in [-0.3, -0.25) is 9.59 Å². The first kappa shape index (κ1) is 27.0. The number of nitrogens with one attached hydrogen (secondary N) is 1. The number of amides is 2. The van der Waals surface area contributed by atoms with Gasteiger partial charge in [0.2, 0.25) is 11.8 Å². The molecule has 0 radical (unpaired) electrons. The molecule has 0 aliphatic rings.